The van der Waals surface area contributed by atoms with Gasteiger partial charge in [0.25, 0.3) is 0 Å². The second kappa shape index (κ2) is 11.7. The Hall–Kier alpha value is -4.14. The van der Waals surface area contributed by atoms with E-state index < -0.39 is 12.2 Å². The molecule has 0 aliphatic heterocycles. The van der Waals surface area contributed by atoms with Gasteiger partial charge in [-0.1, -0.05) is 72.3 Å². The normalized spacial score (nSPS) is 11.6. The zero-order valence-corrected chi connectivity index (χ0v) is 21.2. The van der Waals surface area contributed by atoms with E-state index in [-0.39, 0.29) is 18.0 Å². The highest BCUT2D eigenvalue weighted by atomic mass is 35.5. The molecule has 9 heteroatoms. The summed E-state index contributed by atoms with van der Waals surface area (Å²) in [5.74, 6) is 0.598. The van der Waals surface area contributed by atoms with Crippen molar-refractivity contribution in [1.29, 1.82) is 0 Å². The Morgan fingerprint density at radius 2 is 1.76 bits per heavy atom. The number of likely N-dealkylation sites (N-methyl/N-ethyl adjacent to an activating group) is 1. The zero-order valence-electron chi connectivity index (χ0n) is 20.5. The number of rotatable bonds is 8. The van der Waals surface area contributed by atoms with Gasteiger partial charge in [-0.3, -0.25) is 0 Å². The number of carbonyl (C=O) groups excluding carboxylic acids is 1. The number of phenolic OH excluding ortho intramolecular Hbond substituents is 1. The van der Waals surface area contributed by atoms with Crippen molar-refractivity contribution in [3.63, 3.8) is 0 Å². The number of aromatic hydroxyl groups is 1. The average Bonchev–Trinajstić information content (AvgIpc) is 2.89. The van der Waals surface area contributed by atoms with Crippen LogP contribution in [0.15, 0.2) is 85.1 Å². The van der Waals surface area contributed by atoms with Gasteiger partial charge in [0.1, 0.15) is 11.4 Å². The first-order chi connectivity index (χ1) is 17.8. The molecule has 0 fully saturated rings. The Kier molecular flexibility index (Phi) is 8.22. The van der Waals surface area contributed by atoms with E-state index in [2.05, 4.69) is 9.97 Å². The number of aliphatic hydroxyl groups excluding tert-OH is 1. The summed E-state index contributed by atoms with van der Waals surface area (Å²) in [5, 5.41) is 20.6. The van der Waals surface area contributed by atoms with Gasteiger partial charge in [-0.05, 0) is 29.3 Å². The van der Waals surface area contributed by atoms with Crippen LogP contribution >= 0.6 is 11.6 Å². The van der Waals surface area contributed by atoms with Crippen molar-refractivity contribution in [2.45, 2.75) is 12.6 Å². The largest absolute Gasteiger partial charge is 0.508 e. The van der Waals surface area contributed by atoms with Crippen molar-refractivity contribution in [3.05, 3.63) is 101 Å². The van der Waals surface area contributed by atoms with Gasteiger partial charge in [0.15, 0.2) is 5.75 Å². The fourth-order valence-corrected chi connectivity index (χ4v) is 3.96. The summed E-state index contributed by atoms with van der Waals surface area (Å²) < 4.78 is 5.65. The van der Waals surface area contributed by atoms with Crippen LogP contribution < -0.4 is 9.64 Å². The predicted octanol–water partition coefficient (Wildman–Crippen LogP) is 5.30. The van der Waals surface area contributed by atoms with E-state index in [1.54, 1.807) is 30.3 Å². The Balaban J connectivity index is 1.57. The monoisotopic (exact) mass is 518 g/mol. The van der Waals surface area contributed by atoms with E-state index in [9.17, 15) is 15.0 Å². The number of phenols is 1. The molecule has 4 aromatic rings. The van der Waals surface area contributed by atoms with Crippen LogP contribution in [0.25, 0.3) is 11.3 Å². The maximum atomic E-state index is 12.9. The van der Waals surface area contributed by atoms with Gasteiger partial charge in [-0.25, -0.2) is 14.8 Å². The van der Waals surface area contributed by atoms with Crippen molar-refractivity contribution in [3.8, 4) is 22.8 Å². The summed E-state index contributed by atoms with van der Waals surface area (Å²) in [7, 11) is 3.38. The van der Waals surface area contributed by atoms with E-state index in [4.69, 9.17) is 16.3 Å². The summed E-state index contributed by atoms with van der Waals surface area (Å²) in [6.07, 6.45) is -0.278. The zero-order chi connectivity index (χ0) is 26.4. The third-order valence-corrected chi connectivity index (χ3v) is 6.02. The molecule has 1 unspecified atom stereocenters. The molecule has 0 aliphatic carbocycles. The standard InChI is InChI=1S/C28H27ClN4O4/c1-32(17-19-9-4-3-5-10-19)27-30-16-25(26(31-27)22-13-6-7-14-23(22)29)37-28(36)33(2)18-24(35)20-11-8-12-21(34)15-20/h3-16,24,34-35H,17-18H2,1-2H3. The summed E-state index contributed by atoms with van der Waals surface area (Å²) >= 11 is 6.46. The van der Waals surface area contributed by atoms with Crippen molar-refractivity contribution in [2.75, 3.05) is 25.5 Å². The van der Waals surface area contributed by atoms with Crippen molar-refractivity contribution in [2.24, 2.45) is 0 Å². The van der Waals surface area contributed by atoms with Gasteiger partial charge < -0.3 is 24.7 Å². The number of nitrogens with zero attached hydrogens (tertiary/aromatic N) is 4. The first-order valence-electron chi connectivity index (χ1n) is 11.6. The summed E-state index contributed by atoms with van der Waals surface area (Å²) in [5.41, 5.74) is 2.53. The van der Waals surface area contributed by atoms with Crippen LogP contribution in [0.2, 0.25) is 5.02 Å². The Morgan fingerprint density at radius 3 is 2.49 bits per heavy atom. The highest BCUT2D eigenvalue weighted by Gasteiger charge is 2.22. The van der Waals surface area contributed by atoms with Crippen LogP contribution in [0.5, 0.6) is 11.5 Å². The molecule has 0 saturated carbocycles. The van der Waals surface area contributed by atoms with Crippen LogP contribution in [0.4, 0.5) is 10.7 Å². The Labute approximate surface area is 220 Å². The number of carbonyl (C=O) groups is 1. The molecule has 190 valence electrons. The van der Waals surface area contributed by atoms with Crippen LogP contribution in [0.3, 0.4) is 0 Å². The molecule has 0 radical (unpaired) electrons. The molecule has 0 aliphatic rings. The number of halogens is 1. The lowest BCUT2D eigenvalue weighted by Crippen LogP contribution is -2.33. The smallest absolute Gasteiger partial charge is 0.415 e. The van der Waals surface area contributed by atoms with E-state index in [1.807, 2.05) is 48.3 Å². The SMILES string of the molecule is CN(CC(O)c1cccc(O)c1)C(=O)Oc1cnc(N(C)Cc2ccccc2)nc1-c1ccccc1Cl. The highest BCUT2D eigenvalue weighted by Crippen LogP contribution is 2.34. The first-order valence-corrected chi connectivity index (χ1v) is 12.0. The maximum Gasteiger partial charge on any atom is 0.415 e. The van der Waals surface area contributed by atoms with E-state index >= 15 is 0 Å². The minimum atomic E-state index is -1.02. The van der Waals surface area contributed by atoms with Crippen LogP contribution in [0, 0.1) is 0 Å². The molecule has 0 saturated heterocycles. The fourth-order valence-electron chi connectivity index (χ4n) is 3.74. The number of ether oxygens (including phenoxy) is 1. The third-order valence-electron chi connectivity index (χ3n) is 5.69. The first kappa shape index (κ1) is 25.9. The summed E-state index contributed by atoms with van der Waals surface area (Å²) in [4.78, 5) is 25.2. The van der Waals surface area contributed by atoms with Crippen LogP contribution in [-0.4, -0.2) is 51.8 Å². The molecular formula is C28H27ClN4O4. The van der Waals surface area contributed by atoms with Gasteiger partial charge in [0, 0.05) is 26.2 Å². The molecular weight excluding hydrogens is 492 g/mol. The Morgan fingerprint density at radius 1 is 1.03 bits per heavy atom. The number of hydrogen-bond acceptors (Lipinski definition) is 7. The lowest BCUT2D eigenvalue weighted by atomic mass is 10.1. The van der Waals surface area contributed by atoms with Crippen molar-refractivity contribution < 1.29 is 19.7 Å². The molecule has 1 atom stereocenters. The fraction of sp³-hybridized carbons (Fsp3) is 0.179. The second-order valence-electron chi connectivity index (χ2n) is 8.56. The molecule has 8 nitrogen and oxygen atoms in total. The van der Waals surface area contributed by atoms with Crippen molar-refractivity contribution in [1.82, 2.24) is 14.9 Å². The highest BCUT2D eigenvalue weighted by molar-refractivity contribution is 6.33. The number of benzene rings is 3. The van der Waals surface area contributed by atoms with Gasteiger partial charge in [-0.15, -0.1) is 0 Å². The number of aliphatic hydroxyl groups is 1. The van der Waals surface area contributed by atoms with Gasteiger partial charge >= 0.3 is 6.09 Å². The summed E-state index contributed by atoms with van der Waals surface area (Å²) in [6, 6.07) is 23.3. The average molecular weight is 519 g/mol. The van der Waals surface area contributed by atoms with Gasteiger partial charge in [-0.2, -0.15) is 0 Å². The second-order valence-corrected chi connectivity index (χ2v) is 8.97. The minimum Gasteiger partial charge on any atom is -0.508 e. The topological polar surface area (TPSA) is 99.0 Å². The molecule has 0 spiro atoms. The van der Waals surface area contributed by atoms with Gasteiger partial charge in [0.05, 0.1) is 23.9 Å². The van der Waals surface area contributed by atoms with Crippen LogP contribution in [0.1, 0.15) is 17.2 Å². The molecule has 4 rings (SSSR count). The van der Waals surface area contributed by atoms with E-state index in [0.717, 1.165) is 5.56 Å². The molecule has 1 heterocycles. The molecule has 3 aromatic carbocycles. The molecule has 0 bridgehead atoms. The molecule has 37 heavy (non-hydrogen) atoms. The lowest BCUT2D eigenvalue weighted by molar-refractivity contribution is 0.112. The Bertz CT molecular complexity index is 1370. The lowest BCUT2D eigenvalue weighted by Gasteiger charge is -2.22. The summed E-state index contributed by atoms with van der Waals surface area (Å²) in [6.45, 7) is 0.528. The number of anilines is 1. The maximum absolute atomic E-state index is 12.9. The van der Waals surface area contributed by atoms with Gasteiger partial charge in [0.2, 0.25) is 5.95 Å². The van der Waals surface area contributed by atoms with Crippen molar-refractivity contribution >= 4 is 23.6 Å². The number of amides is 1. The third kappa shape index (κ3) is 6.55. The molecule has 2 N–H and O–H groups in total. The number of hydrogen-bond donors (Lipinski definition) is 2. The van der Waals surface area contributed by atoms with E-state index in [0.29, 0.717) is 34.3 Å². The van der Waals surface area contributed by atoms with Crippen LogP contribution in [-0.2, 0) is 6.54 Å². The molecule has 1 amide bonds. The number of aromatic nitrogens is 2. The predicted molar refractivity (Wildman–Crippen MR) is 143 cm³/mol. The minimum absolute atomic E-state index is 0.0284. The quantitative estimate of drug-likeness (QED) is 0.326. The molecule has 1 aromatic heterocycles. The van der Waals surface area contributed by atoms with E-state index in [1.165, 1.54) is 30.3 Å².